The van der Waals surface area contributed by atoms with Gasteiger partial charge in [0.25, 0.3) is 12.3 Å². The number of hydrogen-bond donors (Lipinski definition) is 2. The number of benzene rings is 1. The summed E-state index contributed by atoms with van der Waals surface area (Å²) in [6.07, 6.45) is -2.03. The lowest BCUT2D eigenvalue weighted by atomic mass is 10.1. The number of urea groups is 1. The number of alkyl halides is 2. The van der Waals surface area contributed by atoms with Crippen LogP contribution in [0.3, 0.4) is 0 Å². The van der Waals surface area contributed by atoms with Crippen LogP contribution in [0.2, 0.25) is 0 Å². The van der Waals surface area contributed by atoms with E-state index in [-0.39, 0.29) is 43.9 Å². The highest BCUT2D eigenvalue weighted by Crippen LogP contribution is 2.28. The summed E-state index contributed by atoms with van der Waals surface area (Å²) in [4.78, 5) is 32.0. The summed E-state index contributed by atoms with van der Waals surface area (Å²) in [6, 6.07) is 0.196. The van der Waals surface area contributed by atoms with Gasteiger partial charge in [-0.05, 0) is 13.0 Å². The zero-order valence-electron chi connectivity index (χ0n) is 16.6. The van der Waals surface area contributed by atoms with Crippen LogP contribution in [0.1, 0.15) is 18.9 Å². The summed E-state index contributed by atoms with van der Waals surface area (Å²) in [5.41, 5.74) is 4.96. The number of nitrogens with one attached hydrogen (secondary N) is 1. The molecule has 3 rings (SSSR count). The molecule has 168 valence electrons. The molecule has 1 atom stereocenters. The number of ether oxygens (including phenoxy) is 1. The molecule has 2 aliphatic rings. The van der Waals surface area contributed by atoms with Crippen molar-refractivity contribution in [3.8, 4) is 0 Å². The van der Waals surface area contributed by atoms with E-state index < -0.39 is 29.7 Å². The fourth-order valence-corrected chi connectivity index (χ4v) is 3.29. The van der Waals surface area contributed by atoms with E-state index >= 15 is 0 Å². The van der Waals surface area contributed by atoms with Gasteiger partial charge in [-0.25, -0.2) is 22.4 Å². The van der Waals surface area contributed by atoms with E-state index in [0.29, 0.717) is 30.1 Å². The number of anilines is 1. The summed E-state index contributed by atoms with van der Waals surface area (Å²) in [5, 5.41) is 2.31. The van der Waals surface area contributed by atoms with Crippen LogP contribution in [0.4, 0.5) is 28.0 Å². The van der Waals surface area contributed by atoms with Crippen molar-refractivity contribution < 1.29 is 31.9 Å². The molecule has 0 saturated carbocycles. The molecule has 1 aromatic rings. The molecule has 31 heavy (non-hydrogen) atoms. The Balaban J connectivity index is 1.78. The molecule has 1 fully saturated rings. The van der Waals surface area contributed by atoms with E-state index in [1.165, 1.54) is 16.0 Å². The van der Waals surface area contributed by atoms with Crippen molar-refractivity contribution in [3.63, 3.8) is 0 Å². The van der Waals surface area contributed by atoms with Gasteiger partial charge in [0.2, 0.25) is 0 Å². The van der Waals surface area contributed by atoms with Gasteiger partial charge >= 0.3 is 6.03 Å². The molecule has 0 bridgehead atoms. The number of hydrogen-bond acceptors (Lipinski definition) is 5. The summed E-state index contributed by atoms with van der Waals surface area (Å²) < 4.78 is 58.1. The van der Waals surface area contributed by atoms with Gasteiger partial charge in [-0.15, -0.1) is 0 Å². The predicted molar refractivity (Wildman–Crippen MR) is 104 cm³/mol. The van der Waals surface area contributed by atoms with E-state index in [4.69, 9.17) is 10.5 Å². The average Bonchev–Trinajstić information content (AvgIpc) is 2.73. The number of rotatable bonds is 4. The van der Waals surface area contributed by atoms with Gasteiger partial charge in [-0.3, -0.25) is 9.79 Å². The number of halogens is 4. The molecule has 2 aliphatic heterocycles. The summed E-state index contributed by atoms with van der Waals surface area (Å²) in [7, 11) is 0. The molecule has 8 nitrogen and oxygen atoms in total. The third-order valence-electron chi connectivity index (χ3n) is 4.93. The lowest BCUT2D eigenvalue weighted by Gasteiger charge is -2.36. The standard InChI is InChI=1S/C19H21F4N5O3/c1-10-7-25-14(15(6-24)27-2-3-31-9-16(27)29)8-28(10)19(30)26-11-4-12(18(22)23)17(21)13(20)5-11/h4-6,10,18H,2-3,7-9,24H2,1H3,(H,26,30)/t10-/m0/s1. The summed E-state index contributed by atoms with van der Waals surface area (Å²) in [5.74, 6) is -3.47. The van der Waals surface area contributed by atoms with Gasteiger partial charge in [-0.1, -0.05) is 0 Å². The Hall–Kier alpha value is -3.15. The molecule has 2 heterocycles. The van der Waals surface area contributed by atoms with Crippen molar-refractivity contribution in [2.75, 3.05) is 38.2 Å². The highest BCUT2D eigenvalue weighted by atomic mass is 19.3. The van der Waals surface area contributed by atoms with E-state index in [1.807, 2.05) is 0 Å². The molecule has 3 N–H and O–H groups in total. The van der Waals surface area contributed by atoms with Gasteiger partial charge in [0, 0.05) is 24.5 Å². The molecule has 1 saturated heterocycles. The number of carbonyl (C=O) groups is 2. The van der Waals surface area contributed by atoms with Crippen LogP contribution in [0.25, 0.3) is 0 Å². The minimum atomic E-state index is -3.25. The van der Waals surface area contributed by atoms with Crippen molar-refractivity contribution in [1.29, 1.82) is 0 Å². The second kappa shape index (κ2) is 9.33. The van der Waals surface area contributed by atoms with Gasteiger partial charge in [0.05, 0.1) is 42.7 Å². The smallest absolute Gasteiger partial charge is 0.322 e. The SMILES string of the molecule is C[C@H]1CN=C(C(=CN)N2CCOCC2=O)CN1C(=O)Nc1cc(F)c(F)c(C(F)F)c1. The molecular formula is C19H21F4N5O3. The number of morpholine rings is 1. The first-order valence-corrected chi connectivity index (χ1v) is 9.41. The highest BCUT2D eigenvalue weighted by molar-refractivity contribution is 6.06. The molecular weight excluding hydrogens is 422 g/mol. The molecule has 1 aromatic carbocycles. The van der Waals surface area contributed by atoms with Crippen LogP contribution < -0.4 is 11.1 Å². The van der Waals surface area contributed by atoms with Crippen molar-refractivity contribution in [1.82, 2.24) is 9.80 Å². The zero-order chi connectivity index (χ0) is 22.7. The minimum Gasteiger partial charge on any atom is -0.403 e. The van der Waals surface area contributed by atoms with Crippen molar-refractivity contribution in [2.45, 2.75) is 19.4 Å². The molecule has 12 heteroatoms. The second-order valence-electron chi connectivity index (χ2n) is 7.01. The summed E-state index contributed by atoms with van der Waals surface area (Å²) >= 11 is 0. The molecule has 3 amide bonds. The number of carbonyl (C=O) groups excluding carboxylic acids is 2. The van der Waals surface area contributed by atoms with Gasteiger partial charge in [-0.2, -0.15) is 0 Å². The zero-order valence-corrected chi connectivity index (χ0v) is 16.6. The third kappa shape index (κ3) is 4.79. The monoisotopic (exact) mass is 443 g/mol. The maximum atomic E-state index is 13.7. The first-order valence-electron chi connectivity index (χ1n) is 9.41. The second-order valence-corrected chi connectivity index (χ2v) is 7.01. The first kappa shape index (κ1) is 22.5. The van der Waals surface area contributed by atoms with Crippen molar-refractivity contribution in [2.24, 2.45) is 10.7 Å². The third-order valence-corrected chi connectivity index (χ3v) is 4.93. The predicted octanol–water partition coefficient (Wildman–Crippen LogP) is 2.24. The van der Waals surface area contributed by atoms with Gasteiger partial charge in [0.1, 0.15) is 6.61 Å². The molecule has 0 radical (unpaired) electrons. The Morgan fingerprint density at radius 2 is 2.13 bits per heavy atom. The van der Waals surface area contributed by atoms with Gasteiger partial charge < -0.3 is 25.6 Å². The number of nitrogens with two attached hydrogens (primary N) is 1. The van der Waals surface area contributed by atoms with Crippen LogP contribution in [-0.2, 0) is 9.53 Å². The Kier molecular flexibility index (Phi) is 6.78. The van der Waals surface area contributed by atoms with Gasteiger partial charge in [0.15, 0.2) is 11.6 Å². The average molecular weight is 443 g/mol. The van der Waals surface area contributed by atoms with Crippen LogP contribution in [0.5, 0.6) is 0 Å². The summed E-state index contributed by atoms with van der Waals surface area (Å²) in [6.45, 7) is 2.35. The van der Waals surface area contributed by atoms with E-state index in [2.05, 4.69) is 10.3 Å². The number of nitrogens with zero attached hydrogens (tertiary/aromatic N) is 3. The Morgan fingerprint density at radius 3 is 2.77 bits per heavy atom. The van der Waals surface area contributed by atoms with Crippen molar-refractivity contribution >= 4 is 23.3 Å². The molecule has 0 aliphatic carbocycles. The number of amides is 3. The maximum Gasteiger partial charge on any atom is 0.322 e. The van der Waals surface area contributed by atoms with Crippen molar-refractivity contribution in [3.05, 3.63) is 41.2 Å². The normalized spacial score (nSPS) is 20.2. The van der Waals surface area contributed by atoms with E-state index in [1.54, 1.807) is 6.92 Å². The maximum absolute atomic E-state index is 13.7. The Labute approximate surface area is 175 Å². The molecule has 0 spiro atoms. The Bertz CT molecular complexity index is 937. The lowest BCUT2D eigenvalue weighted by Crippen LogP contribution is -2.51. The van der Waals surface area contributed by atoms with Crippen LogP contribution in [0, 0.1) is 11.6 Å². The molecule has 0 unspecified atom stereocenters. The van der Waals surface area contributed by atoms with Crippen LogP contribution in [0.15, 0.2) is 29.0 Å². The minimum absolute atomic E-state index is 0.0357. The fourth-order valence-electron chi connectivity index (χ4n) is 3.29. The highest BCUT2D eigenvalue weighted by Gasteiger charge is 2.31. The largest absolute Gasteiger partial charge is 0.403 e. The number of aliphatic imine (C=N–C) groups is 1. The quantitative estimate of drug-likeness (QED) is 0.697. The van der Waals surface area contributed by atoms with E-state index in [0.717, 1.165) is 0 Å². The van der Waals surface area contributed by atoms with Crippen LogP contribution in [-0.4, -0.2) is 66.3 Å². The fraction of sp³-hybridized carbons (Fsp3) is 0.421. The molecule has 0 aromatic heterocycles. The van der Waals surface area contributed by atoms with E-state index in [9.17, 15) is 27.2 Å². The Morgan fingerprint density at radius 1 is 1.39 bits per heavy atom. The lowest BCUT2D eigenvalue weighted by molar-refractivity contribution is -0.139. The first-order chi connectivity index (χ1) is 14.7. The topological polar surface area (TPSA) is 100 Å². The van der Waals surface area contributed by atoms with Crippen LogP contribution >= 0.6 is 0 Å².